The van der Waals surface area contributed by atoms with Gasteiger partial charge in [0.05, 0.1) is 6.04 Å². The molecule has 0 aliphatic carbocycles. The van der Waals surface area contributed by atoms with Crippen molar-refractivity contribution in [3.05, 3.63) is 45.1 Å². The van der Waals surface area contributed by atoms with Crippen LogP contribution in [0.15, 0.2) is 33.9 Å². The Morgan fingerprint density at radius 2 is 1.74 bits per heavy atom. The maximum Gasteiger partial charge on any atom is 0.332 e. The van der Waals surface area contributed by atoms with E-state index in [9.17, 15) is 19.2 Å². The van der Waals surface area contributed by atoms with Gasteiger partial charge in [-0.1, -0.05) is 13.8 Å². The van der Waals surface area contributed by atoms with Crippen molar-refractivity contribution in [3.63, 3.8) is 0 Å². The minimum Gasteiger partial charge on any atom is -0.484 e. The van der Waals surface area contributed by atoms with Crippen LogP contribution in [-0.4, -0.2) is 68.7 Å². The standard InChI is InChI=1S/C26H37N7O5S/c1-4-13-32-23-21(25(36)33(14-5-2)26(32)37)30-22(31-23)17-6-8-18(9-7-17)38-16-20(34)28-11-12-29-24(35)19(27)10-15-39-3/h6-9,19H,4-5,10-16,27H2,1-3H3,(H,28,34)(H,29,35)(H,30,31). The second kappa shape index (κ2) is 14.5. The molecular weight excluding hydrogens is 522 g/mol. The first kappa shape index (κ1) is 30.0. The summed E-state index contributed by atoms with van der Waals surface area (Å²) in [6.07, 6.45) is 3.94. The van der Waals surface area contributed by atoms with Crippen molar-refractivity contribution in [1.29, 1.82) is 0 Å². The average Bonchev–Trinajstić information content (AvgIpc) is 3.39. The van der Waals surface area contributed by atoms with E-state index in [1.54, 1.807) is 36.0 Å². The number of aryl methyl sites for hydroxylation is 1. The lowest BCUT2D eigenvalue weighted by molar-refractivity contribution is -0.124. The molecule has 0 radical (unpaired) electrons. The molecule has 0 aliphatic rings. The summed E-state index contributed by atoms with van der Waals surface area (Å²) in [6, 6.07) is 6.35. The number of nitrogens with zero attached hydrogens (tertiary/aromatic N) is 3. The Balaban J connectivity index is 1.58. The number of ether oxygens (including phenoxy) is 1. The van der Waals surface area contributed by atoms with Crippen molar-refractivity contribution in [2.24, 2.45) is 5.73 Å². The number of benzene rings is 1. The van der Waals surface area contributed by atoms with E-state index in [1.165, 1.54) is 9.13 Å². The van der Waals surface area contributed by atoms with E-state index < -0.39 is 6.04 Å². The Labute approximate surface area is 230 Å². The van der Waals surface area contributed by atoms with Crippen molar-refractivity contribution in [1.82, 2.24) is 29.7 Å². The van der Waals surface area contributed by atoms with E-state index in [1.807, 2.05) is 20.1 Å². The second-order valence-electron chi connectivity index (χ2n) is 9.02. The van der Waals surface area contributed by atoms with E-state index in [0.717, 1.165) is 12.2 Å². The number of rotatable bonds is 15. The average molecular weight is 560 g/mol. The number of imidazole rings is 1. The van der Waals surface area contributed by atoms with Crippen molar-refractivity contribution in [2.75, 3.05) is 31.7 Å². The first-order chi connectivity index (χ1) is 18.8. The first-order valence-electron chi connectivity index (χ1n) is 13.1. The molecule has 1 unspecified atom stereocenters. The Morgan fingerprint density at radius 1 is 1.08 bits per heavy atom. The third-order valence-electron chi connectivity index (χ3n) is 5.97. The second-order valence-corrected chi connectivity index (χ2v) is 10.0. The zero-order chi connectivity index (χ0) is 28.4. The van der Waals surface area contributed by atoms with Crippen LogP contribution in [0.3, 0.4) is 0 Å². The van der Waals surface area contributed by atoms with E-state index in [-0.39, 0.29) is 42.8 Å². The molecule has 3 aromatic rings. The Morgan fingerprint density at radius 3 is 2.41 bits per heavy atom. The maximum absolute atomic E-state index is 12.9. The largest absolute Gasteiger partial charge is 0.484 e. The van der Waals surface area contributed by atoms with Gasteiger partial charge in [0.15, 0.2) is 12.3 Å². The van der Waals surface area contributed by atoms with Gasteiger partial charge in [-0.2, -0.15) is 11.8 Å². The molecule has 12 nitrogen and oxygen atoms in total. The number of amides is 2. The SMILES string of the molecule is CCCn1c(=O)c2[nH]c(-c3ccc(OCC(=O)NCCNC(=O)C(N)CCSC)cc3)nc2n(CCC)c1=O. The van der Waals surface area contributed by atoms with Gasteiger partial charge in [0.25, 0.3) is 11.5 Å². The van der Waals surface area contributed by atoms with Crippen LogP contribution in [0.4, 0.5) is 0 Å². The molecule has 0 saturated carbocycles. The predicted octanol–water partition coefficient (Wildman–Crippen LogP) is 1.06. The number of H-pyrrole nitrogens is 1. The summed E-state index contributed by atoms with van der Waals surface area (Å²) in [6.45, 7) is 5.02. The molecular formula is C26H37N7O5S. The molecule has 0 spiro atoms. The Kier molecular flexibility index (Phi) is 11.2. The van der Waals surface area contributed by atoms with E-state index >= 15 is 0 Å². The molecule has 1 atom stereocenters. The fraction of sp³-hybridized carbons (Fsp3) is 0.500. The molecule has 212 valence electrons. The van der Waals surface area contributed by atoms with E-state index in [2.05, 4.69) is 20.6 Å². The van der Waals surface area contributed by atoms with Crippen molar-refractivity contribution < 1.29 is 14.3 Å². The molecule has 1 aromatic carbocycles. The molecule has 0 aliphatic heterocycles. The van der Waals surface area contributed by atoms with Gasteiger partial charge in [0.1, 0.15) is 17.1 Å². The number of carbonyl (C=O) groups excluding carboxylic acids is 2. The molecule has 5 N–H and O–H groups in total. The number of carbonyl (C=O) groups is 2. The van der Waals surface area contributed by atoms with Crippen LogP contribution in [0, 0.1) is 0 Å². The summed E-state index contributed by atoms with van der Waals surface area (Å²) in [5, 5.41) is 5.38. The minimum atomic E-state index is -0.555. The summed E-state index contributed by atoms with van der Waals surface area (Å²) in [4.78, 5) is 57.4. The van der Waals surface area contributed by atoms with Crippen LogP contribution in [0.5, 0.6) is 5.75 Å². The summed E-state index contributed by atoms with van der Waals surface area (Å²) in [5.74, 6) is 1.18. The smallest absolute Gasteiger partial charge is 0.332 e. The quantitative estimate of drug-likeness (QED) is 0.201. The van der Waals surface area contributed by atoms with Gasteiger partial charge in [-0.25, -0.2) is 9.78 Å². The summed E-state index contributed by atoms with van der Waals surface area (Å²) < 4.78 is 8.34. The number of hydrogen-bond acceptors (Lipinski definition) is 8. The van der Waals surface area contributed by atoms with E-state index in [4.69, 9.17) is 10.5 Å². The summed E-state index contributed by atoms with van der Waals surface area (Å²) in [5.41, 5.74) is 6.40. The van der Waals surface area contributed by atoms with Gasteiger partial charge >= 0.3 is 5.69 Å². The third kappa shape index (κ3) is 7.73. The van der Waals surface area contributed by atoms with Crippen LogP contribution >= 0.6 is 11.8 Å². The third-order valence-corrected chi connectivity index (χ3v) is 6.61. The number of fused-ring (bicyclic) bond motifs is 1. The highest BCUT2D eigenvalue weighted by Gasteiger charge is 2.17. The maximum atomic E-state index is 12.9. The highest BCUT2D eigenvalue weighted by atomic mass is 32.2. The molecule has 0 fully saturated rings. The van der Waals surface area contributed by atoms with Crippen LogP contribution < -0.4 is 32.4 Å². The lowest BCUT2D eigenvalue weighted by atomic mass is 10.2. The van der Waals surface area contributed by atoms with Gasteiger partial charge in [-0.05, 0) is 55.5 Å². The van der Waals surface area contributed by atoms with Gasteiger partial charge in [0, 0.05) is 31.7 Å². The fourth-order valence-corrected chi connectivity index (χ4v) is 4.44. The van der Waals surface area contributed by atoms with Crippen LogP contribution in [-0.2, 0) is 22.7 Å². The lowest BCUT2D eigenvalue weighted by Crippen LogP contribution is -2.44. The predicted molar refractivity (Wildman–Crippen MR) is 153 cm³/mol. The minimum absolute atomic E-state index is 0.189. The highest BCUT2D eigenvalue weighted by Crippen LogP contribution is 2.21. The zero-order valence-corrected chi connectivity index (χ0v) is 23.4. The van der Waals surface area contributed by atoms with Gasteiger partial charge in [-0.3, -0.25) is 23.5 Å². The van der Waals surface area contributed by atoms with Crippen molar-refractivity contribution >= 4 is 34.7 Å². The lowest BCUT2D eigenvalue weighted by Gasteiger charge is -2.12. The molecule has 13 heteroatoms. The van der Waals surface area contributed by atoms with Gasteiger partial charge < -0.3 is 26.1 Å². The Hall–Kier alpha value is -3.58. The van der Waals surface area contributed by atoms with Crippen LogP contribution in [0.1, 0.15) is 33.1 Å². The number of hydrogen-bond donors (Lipinski definition) is 4. The van der Waals surface area contributed by atoms with E-state index in [0.29, 0.717) is 54.2 Å². The number of nitrogens with two attached hydrogens (primary N) is 1. The normalized spacial score (nSPS) is 11.9. The molecule has 0 saturated heterocycles. The molecule has 0 bridgehead atoms. The fourth-order valence-electron chi connectivity index (χ4n) is 3.95. The highest BCUT2D eigenvalue weighted by molar-refractivity contribution is 7.98. The Bertz CT molecular complexity index is 1380. The monoisotopic (exact) mass is 559 g/mol. The first-order valence-corrected chi connectivity index (χ1v) is 14.5. The number of aromatic nitrogens is 4. The summed E-state index contributed by atoms with van der Waals surface area (Å²) in [7, 11) is 0. The molecule has 3 rings (SSSR count). The van der Waals surface area contributed by atoms with Crippen LogP contribution in [0.25, 0.3) is 22.6 Å². The van der Waals surface area contributed by atoms with Crippen molar-refractivity contribution in [3.8, 4) is 17.1 Å². The topological polar surface area (TPSA) is 166 Å². The molecule has 39 heavy (non-hydrogen) atoms. The van der Waals surface area contributed by atoms with Crippen molar-refractivity contribution in [2.45, 2.75) is 52.2 Å². The van der Waals surface area contributed by atoms with Gasteiger partial charge in [-0.15, -0.1) is 0 Å². The number of nitrogens with one attached hydrogen (secondary N) is 3. The number of thioether (sulfide) groups is 1. The van der Waals surface area contributed by atoms with Crippen LogP contribution in [0.2, 0.25) is 0 Å². The number of aromatic amines is 1. The summed E-state index contributed by atoms with van der Waals surface area (Å²) >= 11 is 1.63. The van der Waals surface area contributed by atoms with Gasteiger partial charge in [0.2, 0.25) is 5.91 Å². The molecule has 2 amide bonds. The molecule has 2 heterocycles. The zero-order valence-electron chi connectivity index (χ0n) is 22.6. The molecule has 2 aromatic heterocycles.